The number of methoxy groups -OCH3 is 2. The molecule has 0 saturated heterocycles. The van der Waals surface area contributed by atoms with E-state index in [0.29, 0.717) is 18.0 Å². The summed E-state index contributed by atoms with van der Waals surface area (Å²) in [6.07, 6.45) is 0. The topological polar surface area (TPSA) is 106 Å². The quantitative estimate of drug-likeness (QED) is 0.839. The van der Waals surface area contributed by atoms with Crippen LogP contribution in [0.2, 0.25) is 0 Å². The first-order valence-electron chi connectivity index (χ1n) is 6.19. The van der Waals surface area contributed by atoms with Crippen molar-refractivity contribution in [2.24, 2.45) is 0 Å². The maximum Gasteiger partial charge on any atom is 0.291 e. The van der Waals surface area contributed by atoms with Crippen LogP contribution in [-0.2, 0) is 6.54 Å². The Hall–Kier alpha value is -2.77. The molecule has 8 nitrogen and oxygen atoms in total. The number of carbonyl (C=O) groups excluding carboxylic acids is 1. The zero-order valence-corrected chi connectivity index (χ0v) is 12.1. The first-order valence-corrected chi connectivity index (χ1v) is 6.19. The molecule has 0 unspecified atom stereocenters. The summed E-state index contributed by atoms with van der Waals surface area (Å²) in [6.45, 7) is 0.389. The van der Waals surface area contributed by atoms with Crippen molar-refractivity contribution in [2.45, 2.75) is 6.54 Å². The van der Waals surface area contributed by atoms with Crippen LogP contribution in [0.15, 0.2) is 18.2 Å². The summed E-state index contributed by atoms with van der Waals surface area (Å²) >= 11 is 0. The Morgan fingerprint density at radius 1 is 1.33 bits per heavy atom. The Labute approximate surface area is 121 Å². The molecule has 0 aliphatic heterocycles. The van der Waals surface area contributed by atoms with Gasteiger partial charge < -0.3 is 20.1 Å². The number of anilines is 1. The van der Waals surface area contributed by atoms with E-state index in [9.17, 15) is 4.79 Å². The molecule has 1 heterocycles. The number of aromatic nitrogens is 3. The van der Waals surface area contributed by atoms with Crippen molar-refractivity contribution in [3.8, 4) is 11.5 Å². The van der Waals surface area contributed by atoms with Crippen LogP contribution in [0.3, 0.4) is 0 Å². The summed E-state index contributed by atoms with van der Waals surface area (Å²) in [6, 6.07) is 5.47. The van der Waals surface area contributed by atoms with Gasteiger partial charge in [-0.1, -0.05) is 6.07 Å². The lowest BCUT2D eigenvalue weighted by atomic mass is 10.2. The van der Waals surface area contributed by atoms with E-state index in [1.165, 1.54) is 4.90 Å². The van der Waals surface area contributed by atoms with Crippen molar-refractivity contribution in [3.05, 3.63) is 29.6 Å². The third-order valence-corrected chi connectivity index (χ3v) is 2.92. The van der Waals surface area contributed by atoms with Crippen molar-refractivity contribution < 1.29 is 14.3 Å². The highest BCUT2D eigenvalue weighted by Gasteiger charge is 2.16. The van der Waals surface area contributed by atoms with Crippen molar-refractivity contribution in [1.29, 1.82) is 0 Å². The number of ether oxygens (including phenoxy) is 2. The molecule has 2 rings (SSSR count). The number of rotatable bonds is 5. The van der Waals surface area contributed by atoms with E-state index < -0.39 is 0 Å². The maximum absolute atomic E-state index is 12.1. The molecule has 1 aromatic carbocycles. The molecule has 0 spiro atoms. The third-order valence-electron chi connectivity index (χ3n) is 2.92. The van der Waals surface area contributed by atoms with E-state index in [0.717, 1.165) is 5.56 Å². The number of aromatic amines is 1. The van der Waals surface area contributed by atoms with Crippen LogP contribution in [0.5, 0.6) is 11.5 Å². The van der Waals surface area contributed by atoms with E-state index in [-0.39, 0.29) is 17.7 Å². The second-order valence-corrected chi connectivity index (χ2v) is 4.39. The minimum atomic E-state index is -0.297. The molecule has 0 bridgehead atoms. The summed E-state index contributed by atoms with van der Waals surface area (Å²) in [5, 5.41) is 6.13. The monoisotopic (exact) mass is 291 g/mol. The van der Waals surface area contributed by atoms with Gasteiger partial charge in [-0.25, -0.2) is 0 Å². The van der Waals surface area contributed by atoms with Gasteiger partial charge in [0.25, 0.3) is 5.91 Å². The molecular formula is C13H17N5O3. The SMILES string of the molecule is COc1ccc(CN(C)C(=O)c2nc(N)n[nH]2)cc1OC. The molecule has 21 heavy (non-hydrogen) atoms. The summed E-state index contributed by atoms with van der Waals surface area (Å²) < 4.78 is 10.4. The van der Waals surface area contributed by atoms with Gasteiger partial charge in [0, 0.05) is 13.6 Å². The van der Waals surface area contributed by atoms with Crippen molar-refractivity contribution >= 4 is 11.9 Å². The van der Waals surface area contributed by atoms with Crippen LogP contribution in [0.1, 0.15) is 16.2 Å². The van der Waals surface area contributed by atoms with Gasteiger partial charge in [0.1, 0.15) is 0 Å². The van der Waals surface area contributed by atoms with Crippen molar-refractivity contribution in [1.82, 2.24) is 20.1 Å². The summed E-state index contributed by atoms with van der Waals surface area (Å²) in [4.78, 5) is 17.4. The van der Waals surface area contributed by atoms with Gasteiger partial charge in [-0.3, -0.25) is 9.89 Å². The van der Waals surface area contributed by atoms with Crippen molar-refractivity contribution in [2.75, 3.05) is 27.0 Å². The van der Waals surface area contributed by atoms with Crippen LogP contribution in [0.25, 0.3) is 0 Å². The van der Waals surface area contributed by atoms with Gasteiger partial charge in [0.2, 0.25) is 11.8 Å². The average Bonchev–Trinajstić information content (AvgIpc) is 2.92. The fourth-order valence-electron chi connectivity index (χ4n) is 1.88. The molecule has 1 aromatic heterocycles. The Balaban J connectivity index is 2.12. The molecule has 0 aliphatic rings. The predicted molar refractivity (Wildman–Crippen MR) is 76.1 cm³/mol. The molecule has 3 N–H and O–H groups in total. The van der Waals surface area contributed by atoms with Crippen LogP contribution in [0, 0.1) is 0 Å². The number of nitrogens with two attached hydrogens (primary N) is 1. The largest absolute Gasteiger partial charge is 0.493 e. The van der Waals surface area contributed by atoms with Gasteiger partial charge >= 0.3 is 0 Å². The van der Waals surface area contributed by atoms with Gasteiger partial charge in [-0.05, 0) is 17.7 Å². The zero-order chi connectivity index (χ0) is 15.4. The smallest absolute Gasteiger partial charge is 0.291 e. The third kappa shape index (κ3) is 3.22. The number of hydrogen-bond acceptors (Lipinski definition) is 6. The normalized spacial score (nSPS) is 10.2. The minimum absolute atomic E-state index is 0.0397. The standard InChI is InChI=1S/C13H17N5O3/c1-18(12(19)11-15-13(14)17-16-11)7-8-4-5-9(20-2)10(6-8)21-3/h4-6H,7H2,1-3H3,(H3,14,15,16,17). The fraction of sp³-hybridized carbons (Fsp3) is 0.308. The molecule has 0 radical (unpaired) electrons. The van der Waals surface area contributed by atoms with Gasteiger partial charge in [0.05, 0.1) is 14.2 Å². The first kappa shape index (κ1) is 14.6. The molecule has 8 heteroatoms. The lowest BCUT2D eigenvalue weighted by Crippen LogP contribution is -2.27. The zero-order valence-electron chi connectivity index (χ0n) is 12.1. The highest BCUT2D eigenvalue weighted by atomic mass is 16.5. The first-order chi connectivity index (χ1) is 10.0. The van der Waals surface area contributed by atoms with E-state index in [4.69, 9.17) is 15.2 Å². The summed E-state index contributed by atoms with van der Waals surface area (Å²) in [5.74, 6) is 1.10. The molecule has 0 saturated carbocycles. The van der Waals surface area contributed by atoms with Gasteiger partial charge in [-0.2, -0.15) is 4.98 Å². The molecule has 2 aromatic rings. The van der Waals surface area contributed by atoms with Crippen LogP contribution in [-0.4, -0.2) is 47.3 Å². The number of benzene rings is 1. The molecule has 0 atom stereocenters. The number of hydrogen-bond donors (Lipinski definition) is 2. The summed E-state index contributed by atoms with van der Waals surface area (Å²) in [5.41, 5.74) is 6.28. The number of amides is 1. The second kappa shape index (κ2) is 6.12. The molecule has 1 amide bonds. The highest BCUT2D eigenvalue weighted by molar-refractivity contribution is 5.90. The van der Waals surface area contributed by atoms with Gasteiger partial charge in [-0.15, -0.1) is 5.10 Å². The van der Waals surface area contributed by atoms with E-state index in [1.807, 2.05) is 12.1 Å². The van der Waals surface area contributed by atoms with Crippen LogP contribution >= 0.6 is 0 Å². The Morgan fingerprint density at radius 2 is 2.05 bits per heavy atom. The molecular weight excluding hydrogens is 274 g/mol. The predicted octanol–water partition coefficient (Wildman–Crippen LogP) is 0.676. The van der Waals surface area contributed by atoms with E-state index in [1.54, 1.807) is 27.3 Å². The maximum atomic E-state index is 12.1. The summed E-state index contributed by atoms with van der Waals surface area (Å²) in [7, 11) is 4.80. The number of nitrogens with zero attached hydrogens (tertiary/aromatic N) is 3. The number of nitrogen functional groups attached to an aromatic ring is 1. The van der Waals surface area contributed by atoms with Crippen LogP contribution < -0.4 is 15.2 Å². The fourth-order valence-corrected chi connectivity index (χ4v) is 1.88. The number of H-pyrrole nitrogens is 1. The average molecular weight is 291 g/mol. The second-order valence-electron chi connectivity index (χ2n) is 4.39. The van der Waals surface area contributed by atoms with E-state index in [2.05, 4.69) is 15.2 Å². The number of carbonyl (C=O) groups is 1. The molecule has 0 fully saturated rings. The Kier molecular flexibility index (Phi) is 4.27. The van der Waals surface area contributed by atoms with Gasteiger partial charge in [0.15, 0.2) is 11.5 Å². The Bertz CT molecular complexity index is 640. The van der Waals surface area contributed by atoms with Crippen molar-refractivity contribution in [3.63, 3.8) is 0 Å². The van der Waals surface area contributed by atoms with E-state index >= 15 is 0 Å². The Morgan fingerprint density at radius 3 is 2.62 bits per heavy atom. The molecule has 0 aliphatic carbocycles. The number of nitrogens with one attached hydrogen (secondary N) is 1. The lowest BCUT2D eigenvalue weighted by Gasteiger charge is -2.16. The lowest BCUT2D eigenvalue weighted by molar-refractivity contribution is 0.0773. The minimum Gasteiger partial charge on any atom is -0.493 e. The highest BCUT2D eigenvalue weighted by Crippen LogP contribution is 2.27. The molecule has 112 valence electrons. The van der Waals surface area contributed by atoms with Crippen LogP contribution in [0.4, 0.5) is 5.95 Å².